The molecule has 4 nitrogen and oxygen atoms in total. The fraction of sp³-hybridized carbons (Fsp3) is 0.571. The summed E-state index contributed by atoms with van der Waals surface area (Å²) < 4.78 is 22.7. The molecule has 2 unspecified atom stereocenters. The highest BCUT2D eigenvalue weighted by Crippen LogP contribution is 2.41. The first kappa shape index (κ1) is 24.4. The topological polar surface area (TPSA) is 43.5 Å². The number of hydrogen-bond donors (Lipinski definition) is 0. The molecule has 2 heterocycles. The summed E-state index contributed by atoms with van der Waals surface area (Å²) in [5, 5.41) is 0. The molecule has 0 N–H and O–H groups in total. The van der Waals surface area contributed by atoms with Crippen molar-refractivity contribution in [1.82, 2.24) is 0 Å². The van der Waals surface area contributed by atoms with Gasteiger partial charge in [0.1, 0.15) is 36.9 Å². The highest BCUT2D eigenvalue weighted by atomic mass is 32.2. The Labute approximate surface area is 203 Å². The van der Waals surface area contributed by atoms with Gasteiger partial charge in [-0.25, -0.2) is 0 Å². The fourth-order valence-electron chi connectivity index (χ4n) is 4.00. The van der Waals surface area contributed by atoms with E-state index in [1.54, 1.807) is 0 Å². The van der Waals surface area contributed by atoms with Crippen LogP contribution in [0.3, 0.4) is 0 Å². The molecule has 0 radical (unpaired) electrons. The van der Waals surface area contributed by atoms with E-state index in [1.165, 1.54) is 57.7 Å². The van der Waals surface area contributed by atoms with Gasteiger partial charge in [-0.15, -0.1) is 0 Å². The maximum Gasteiger partial charge on any atom is 0.120 e. The molecule has 0 bridgehead atoms. The van der Waals surface area contributed by atoms with Crippen molar-refractivity contribution >= 4 is 11.8 Å². The maximum atomic E-state index is 6.04. The summed E-state index contributed by atoms with van der Waals surface area (Å²) in [6.07, 6.45) is 7.41. The first-order valence-corrected chi connectivity index (χ1v) is 13.3. The highest BCUT2D eigenvalue weighted by Gasteiger charge is 2.24. The minimum absolute atomic E-state index is 0.273. The average molecular weight is 471 g/mol. The Hall–Kier alpha value is -1.69. The van der Waals surface area contributed by atoms with E-state index in [9.17, 15) is 0 Å². The van der Waals surface area contributed by atoms with Crippen molar-refractivity contribution in [3.63, 3.8) is 0 Å². The summed E-state index contributed by atoms with van der Waals surface area (Å²) in [7, 11) is 0. The predicted molar refractivity (Wildman–Crippen MR) is 134 cm³/mol. The summed E-state index contributed by atoms with van der Waals surface area (Å²) >= 11 is 1.93. The van der Waals surface area contributed by atoms with Gasteiger partial charge in [-0.05, 0) is 86.1 Å². The van der Waals surface area contributed by atoms with Crippen LogP contribution in [0.25, 0.3) is 0 Å². The molecular weight excluding hydrogens is 432 g/mol. The number of ether oxygens (including phenoxy) is 4. The minimum atomic E-state index is 0.273. The molecule has 2 aliphatic rings. The third-order valence-corrected chi connectivity index (χ3v) is 7.71. The molecule has 33 heavy (non-hydrogen) atoms. The predicted octanol–water partition coefficient (Wildman–Crippen LogP) is 6.70. The van der Waals surface area contributed by atoms with Crippen LogP contribution in [0.1, 0.15) is 61.8 Å². The minimum Gasteiger partial charge on any atom is -0.491 e. The fourth-order valence-corrected chi connectivity index (χ4v) is 5.22. The third-order valence-electron chi connectivity index (χ3n) is 6.13. The number of epoxide rings is 2. The molecular formula is C28H38O4S. The van der Waals surface area contributed by atoms with Crippen molar-refractivity contribution in [3.8, 4) is 11.5 Å². The summed E-state index contributed by atoms with van der Waals surface area (Å²) in [4.78, 5) is 2.75. The van der Waals surface area contributed by atoms with E-state index in [4.69, 9.17) is 18.9 Å². The standard InChI is InChI=1S/C28H38O4S/c1-5-7-9-21-13-23(29-15-25-17-31-25)11-19(3)27(21)33-28-20(4)12-24(30-16-26-18-32-26)14-22(28)10-8-6-2/h11-14,25-26H,5-10,15-18H2,1-4H3. The molecule has 0 spiro atoms. The second-order valence-electron chi connectivity index (χ2n) is 9.30. The van der Waals surface area contributed by atoms with Crippen LogP contribution >= 0.6 is 11.8 Å². The van der Waals surface area contributed by atoms with Gasteiger partial charge in [0.05, 0.1) is 13.2 Å². The van der Waals surface area contributed by atoms with Crippen molar-refractivity contribution in [2.75, 3.05) is 26.4 Å². The Morgan fingerprint density at radius 3 is 1.55 bits per heavy atom. The second-order valence-corrected chi connectivity index (χ2v) is 10.3. The molecule has 0 amide bonds. The molecule has 2 aliphatic heterocycles. The van der Waals surface area contributed by atoms with Gasteiger partial charge in [0.2, 0.25) is 0 Å². The molecule has 2 fully saturated rings. The maximum absolute atomic E-state index is 6.04. The number of hydrogen-bond acceptors (Lipinski definition) is 5. The molecule has 2 aromatic carbocycles. The lowest BCUT2D eigenvalue weighted by atomic mass is 10.0. The van der Waals surface area contributed by atoms with Gasteiger partial charge in [-0.2, -0.15) is 0 Å². The molecule has 2 atom stereocenters. The summed E-state index contributed by atoms with van der Waals surface area (Å²) in [5.41, 5.74) is 5.35. The monoisotopic (exact) mass is 470 g/mol. The third kappa shape index (κ3) is 7.14. The lowest BCUT2D eigenvalue weighted by Crippen LogP contribution is -2.06. The van der Waals surface area contributed by atoms with Gasteiger partial charge < -0.3 is 18.9 Å². The molecule has 0 saturated carbocycles. The summed E-state index contributed by atoms with van der Waals surface area (Å²) in [6.45, 7) is 11.9. The number of benzene rings is 2. The smallest absolute Gasteiger partial charge is 0.120 e. The van der Waals surface area contributed by atoms with Gasteiger partial charge in [0.15, 0.2) is 0 Å². The first-order chi connectivity index (χ1) is 16.1. The van der Waals surface area contributed by atoms with Gasteiger partial charge in [0.25, 0.3) is 0 Å². The van der Waals surface area contributed by atoms with Gasteiger partial charge in [-0.1, -0.05) is 38.5 Å². The van der Waals surface area contributed by atoms with Crippen LogP contribution in [0.15, 0.2) is 34.1 Å². The van der Waals surface area contributed by atoms with Crippen molar-refractivity contribution < 1.29 is 18.9 Å². The van der Waals surface area contributed by atoms with E-state index >= 15 is 0 Å². The Balaban J connectivity index is 1.60. The van der Waals surface area contributed by atoms with E-state index in [1.807, 2.05) is 11.8 Å². The number of rotatable bonds is 14. The summed E-state index contributed by atoms with van der Waals surface area (Å²) in [6, 6.07) is 8.88. The Kier molecular flexibility index (Phi) is 8.61. The van der Waals surface area contributed by atoms with Crippen LogP contribution in [0, 0.1) is 13.8 Å². The molecule has 5 heteroatoms. The summed E-state index contributed by atoms with van der Waals surface area (Å²) in [5.74, 6) is 1.93. The van der Waals surface area contributed by atoms with Crippen LogP contribution < -0.4 is 9.47 Å². The van der Waals surface area contributed by atoms with Crippen LogP contribution in [-0.2, 0) is 22.3 Å². The zero-order valence-corrected chi connectivity index (χ0v) is 21.4. The van der Waals surface area contributed by atoms with E-state index in [-0.39, 0.29) is 12.2 Å². The Morgan fingerprint density at radius 2 is 1.18 bits per heavy atom. The Bertz CT molecular complexity index is 858. The van der Waals surface area contributed by atoms with Crippen molar-refractivity contribution in [2.45, 2.75) is 88.2 Å². The molecule has 0 aliphatic carbocycles. The van der Waals surface area contributed by atoms with E-state index < -0.39 is 0 Å². The normalized spacial score (nSPS) is 18.9. The molecule has 180 valence electrons. The molecule has 2 saturated heterocycles. The molecule has 0 aromatic heterocycles. The first-order valence-electron chi connectivity index (χ1n) is 12.5. The lowest BCUT2D eigenvalue weighted by molar-refractivity contribution is 0.262. The Morgan fingerprint density at radius 1 is 0.758 bits per heavy atom. The van der Waals surface area contributed by atoms with Gasteiger partial charge in [0, 0.05) is 9.79 Å². The number of aryl methyl sites for hydroxylation is 4. The van der Waals surface area contributed by atoms with Crippen LogP contribution in [-0.4, -0.2) is 38.6 Å². The van der Waals surface area contributed by atoms with Crippen molar-refractivity contribution in [1.29, 1.82) is 0 Å². The van der Waals surface area contributed by atoms with Crippen LogP contribution in [0.5, 0.6) is 11.5 Å². The average Bonchev–Trinajstić information content (AvgIpc) is 3.71. The zero-order chi connectivity index (χ0) is 23.2. The van der Waals surface area contributed by atoms with Crippen LogP contribution in [0.2, 0.25) is 0 Å². The zero-order valence-electron chi connectivity index (χ0n) is 20.6. The van der Waals surface area contributed by atoms with E-state index in [0.29, 0.717) is 13.2 Å². The van der Waals surface area contributed by atoms with E-state index in [2.05, 4.69) is 52.0 Å². The SMILES string of the molecule is CCCCc1cc(OCC2CO2)cc(C)c1Sc1c(C)cc(OCC2CO2)cc1CCCC. The van der Waals surface area contributed by atoms with Crippen molar-refractivity contribution in [2.24, 2.45) is 0 Å². The molecule has 4 rings (SSSR count). The van der Waals surface area contributed by atoms with Gasteiger partial charge >= 0.3 is 0 Å². The van der Waals surface area contributed by atoms with Gasteiger partial charge in [-0.3, -0.25) is 0 Å². The number of unbranched alkanes of at least 4 members (excludes halogenated alkanes) is 2. The van der Waals surface area contributed by atoms with E-state index in [0.717, 1.165) is 37.6 Å². The second kappa shape index (κ2) is 11.6. The molecule has 2 aromatic rings. The highest BCUT2D eigenvalue weighted by molar-refractivity contribution is 7.99. The van der Waals surface area contributed by atoms with Crippen LogP contribution in [0.4, 0.5) is 0 Å². The van der Waals surface area contributed by atoms with Crippen molar-refractivity contribution in [3.05, 3.63) is 46.5 Å². The quantitative estimate of drug-likeness (QED) is 0.288. The lowest BCUT2D eigenvalue weighted by Gasteiger charge is -2.19. The largest absolute Gasteiger partial charge is 0.491 e.